The first-order chi connectivity index (χ1) is 13.0. The Balaban J connectivity index is 1.80. The van der Waals surface area contributed by atoms with Crippen molar-refractivity contribution in [2.45, 2.75) is 32.4 Å². The molecule has 3 rings (SSSR count). The van der Waals surface area contributed by atoms with E-state index in [9.17, 15) is 13.2 Å². The van der Waals surface area contributed by atoms with Crippen LogP contribution in [0.4, 0.5) is 0 Å². The average molecular weight is 388 g/mol. The van der Waals surface area contributed by atoms with E-state index in [0.29, 0.717) is 25.1 Å². The van der Waals surface area contributed by atoms with Crippen LogP contribution in [0.1, 0.15) is 35.7 Å². The second-order valence-corrected chi connectivity index (χ2v) is 9.08. The quantitative estimate of drug-likeness (QED) is 0.731. The summed E-state index contributed by atoms with van der Waals surface area (Å²) in [6.07, 6.45) is 1.43. The van der Waals surface area contributed by atoms with Crippen LogP contribution < -0.4 is 4.74 Å². The van der Waals surface area contributed by atoms with Crippen LogP contribution in [-0.2, 0) is 16.4 Å². The summed E-state index contributed by atoms with van der Waals surface area (Å²) in [5.41, 5.74) is 1.53. The summed E-state index contributed by atoms with van der Waals surface area (Å²) in [4.78, 5) is 14.8. The Morgan fingerprint density at radius 2 is 1.81 bits per heavy atom. The summed E-state index contributed by atoms with van der Waals surface area (Å²) in [7, 11) is -3.08. The molecule has 0 saturated carbocycles. The minimum Gasteiger partial charge on any atom is -0.494 e. The first-order valence-electron chi connectivity index (χ1n) is 9.26. The highest BCUT2D eigenvalue weighted by Gasteiger charge is 2.35. The van der Waals surface area contributed by atoms with E-state index < -0.39 is 9.84 Å². The molecule has 0 bridgehead atoms. The molecule has 1 heterocycles. The molecule has 2 aromatic rings. The van der Waals surface area contributed by atoms with E-state index in [1.165, 1.54) is 0 Å². The molecule has 6 heteroatoms. The summed E-state index contributed by atoms with van der Waals surface area (Å²) in [6.45, 7) is 3.09. The normalized spacial score (nSPS) is 18.2. The number of hydrogen-bond donors (Lipinski definition) is 0. The number of nitrogens with zero attached hydrogens (tertiary/aromatic N) is 1. The van der Waals surface area contributed by atoms with Gasteiger partial charge in [0, 0.05) is 18.2 Å². The Kier molecular flexibility index (Phi) is 6.16. The van der Waals surface area contributed by atoms with E-state index >= 15 is 0 Å². The Hall–Kier alpha value is -2.34. The smallest absolute Gasteiger partial charge is 0.254 e. The first-order valence-corrected chi connectivity index (χ1v) is 11.1. The van der Waals surface area contributed by atoms with Crippen LogP contribution in [0, 0.1) is 0 Å². The fourth-order valence-corrected chi connectivity index (χ4v) is 4.97. The van der Waals surface area contributed by atoms with Gasteiger partial charge < -0.3 is 9.64 Å². The molecule has 0 aliphatic carbocycles. The molecule has 0 aromatic heterocycles. The van der Waals surface area contributed by atoms with Gasteiger partial charge in [0.1, 0.15) is 5.75 Å². The molecule has 1 fully saturated rings. The van der Waals surface area contributed by atoms with Gasteiger partial charge in [-0.05, 0) is 42.7 Å². The van der Waals surface area contributed by atoms with Crippen molar-refractivity contribution in [1.29, 1.82) is 0 Å². The Morgan fingerprint density at radius 3 is 2.41 bits per heavy atom. The summed E-state index contributed by atoms with van der Waals surface area (Å²) < 4.78 is 29.5. The van der Waals surface area contributed by atoms with E-state index in [1.807, 2.05) is 42.5 Å². The van der Waals surface area contributed by atoms with Crippen LogP contribution in [0.25, 0.3) is 0 Å². The molecular formula is C21H25NO4S. The number of amides is 1. The molecule has 1 unspecified atom stereocenters. The highest BCUT2D eigenvalue weighted by molar-refractivity contribution is 7.91. The maximum atomic E-state index is 13.1. The Morgan fingerprint density at radius 1 is 1.11 bits per heavy atom. The van der Waals surface area contributed by atoms with Crippen molar-refractivity contribution in [1.82, 2.24) is 4.90 Å². The monoisotopic (exact) mass is 387 g/mol. The molecule has 0 N–H and O–H groups in total. The van der Waals surface area contributed by atoms with E-state index in [2.05, 4.69) is 6.92 Å². The Labute approximate surface area is 160 Å². The van der Waals surface area contributed by atoms with Crippen LogP contribution in [0.15, 0.2) is 54.6 Å². The maximum Gasteiger partial charge on any atom is 0.254 e. The first kappa shape index (κ1) is 19.4. The minimum absolute atomic E-state index is 0.0310. The van der Waals surface area contributed by atoms with Crippen LogP contribution in [0.5, 0.6) is 5.75 Å². The molecule has 1 atom stereocenters. The van der Waals surface area contributed by atoms with Gasteiger partial charge in [-0.1, -0.05) is 37.3 Å². The van der Waals surface area contributed by atoms with Crippen molar-refractivity contribution in [3.05, 3.63) is 65.7 Å². The van der Waals surface area contributed by atoms with Gasteiger partial charge in [0.25, 0.3) is 5.91 Å². The maximum absolute atomic E-state index is 13.1. The topological polar surface area (TPSA) is 63.7 Å². The number of carbonyl (C=O) groups is 1. The molecule has 27 heavy (non-hydrogen) atoms. The number of sulfone groups is 1. The van der Waals surface area contributed by atoms with Crippen molar-refractivity contribution >= 4 is 15.7 Å². The molecule has 0 spiro atoms. The molecule has 1 amide bonds. The van der Waals surface area contributed by atoms with E-state index in [1.54, 1.807) is 17.0 Å². The fourth-order valence-electron chi connectivity index (χ4n) is 3.24. The lowest BCUT2D eigenvalue weighted by atomic mass is 10.1. The highest BCUT2D eigenvalue weighted by atomic mass is 32.2. The van der Waals surface area contributed by atoms with Crippen LogP contribution in [0.3, 0.4) is 0 Å². The number of ether oxygens (including phenoxy) is 1. The molecule has 1 aliphatic rings. The molecule has 1 saturated heterocycles. The molecule has 144 valence electrons. The molecular weight excluding hydrogens is 362 g/mol. The highest BCUT2D eigenvalue weighted by Crippen LogP contribution is 2.23. The zero-order valence-electron chi connectivity index (χ0n) is 15.5. The molecule has 1 aliphatic heterocycles. The third kappa shape index (κ3) is 5.10. The van der Waals surface area contributed by atoms with Gasteiger partial charge >= 0.3 is 0 Å². The summed E-state index contributed by atoms with van der Waals surface area (Å²) >= 11 is 0. The lowest BCUT2D eigenvalue weighted by Gasteiger charge is -2.28. The fraction of sp³-hybridized carbons (Fsp3) is 0.381. The predicted octanol–water partition coefficient (Wildman–Crippen LogP) is 3.30. The third-order valence-electron chi connectivity index (χ3n) is 4.68. The molecule has 5 nitrogen and oxygen atoms in total. The largest absolute Gasteiger partial charge is 0.494 e. The van der Waals surface area contributed by atoms with Crippen molar-refractivity contribution in [3.63, 3.8) is 0 Å². The standard InChI is InChI=1S/C21H25NO4S/c1-2-13-26-20-10-8-17(9-11-20)15-22(19-12-14-27(24,25)16-19)21(23)18-6-4-3-5-7-18/h3-11,19H,2,12-16H2,1H3. The second kappa shape index (κ2) is 8.57. The lowest BCUT2D eigenvalue weighted by molar-refractivity contribution is 0.0681. The SMILES string of the molecule is CCCOc1ccc(CN(C(=O)c2ccccc2)C2CCS(=O)(=O)C2)cc1. The summed E-state index contributed by atoms with van der Waals surface area (Å²) in [5.74, 6) is 0.831. The summed E-state index contributed by atoms with van der Waals surface area (Å²) in [5, 5.41) is 0. The summed E-state index contributed by atoms with van der Waals surface area (Å²) in [6, 6.07) is 16.4. The third-order valence-corrected chi connectivity index (χ3v) is 6.43. The number of rotatable bonds is 7. The zero-order valence-corrected chi connectivity index (χ0v) is 16.3. The van der Waals surface area contributed by atoms with Gasteiger partial charge in [0.2, 0.25) is 0 Å². The van der Waals surface area contributed by atoms with E-state index in [-0.39, 0.29) is 23.5 Å². The van der Waals surface area contributed by atoms with Crippen LogP contribution in [0.2, 0.25) is 0 Å². The predicted molar refractivity (Wildman–Crippen MR) is 106 cm³/mol. The molecule has 2 aromatic carbocycles. The van der Waals surface area contributed by atoms with Crippen molar-refractivity contribution in [2.24, 2.45) is 0 Å². The van der Waals surface area contributed by atoms with Gasteiger partial charge in [-0.25, -0.2) is 8.42 Å². The molecule has 0 radical (unpaired) electrons. The minimum atomic E-state index is -3.08. The van der Waals surface area contributed by atoms with Crippen molar-refractivity contribution in [2.75, 3.05) is 18.1 Å². The van der Waals surface area contributed by atoms with Gasteiger partial charge in [-0.15, -0.1) is 0 Å². The average Bonchev–Trinajstić information content (AvgIpc) is 3.05. The van der Waals surface area contributed by atoms with E-state index in [0.717, 1.165) is 17.7 Å². The number of carbonyl (C=O) groups excluding carboxylic acids is 1. The Bertz CT molecular complexity index is 863. The second-order valence-electron chi connectivity index (χ2n) is 6.85. The van der Waals surface area contributed by atoms with Gasteiger partial charge in [-0.2, -0.15) is 0 Å². The van der Waals surface area contributed by atoms with Crippen LogP contribution in [-0.4, -0.2) is 43.4 Å². The van der Waals surface area contributed by atoms with Gasteiger partial charge in [0.15, 0.2) is 9.84 Å². The van der Waals surface area contributed by atoms with Crippen molar-refractivity contribution < 1.29 is 17.9 Å². The zero-order chi connectivity index (χ0) is 19.3. The van der Waals surface area contributed by atoms with E-state index in [4.69, 9.17) is 4.74 Å². The lowest BCUT2D eigenvalue weighted by Crippen LogP contribution is -2.40. The number of benzene rings is 2. The number of hydrogen-bond acceptors (Lipinski definition) is 4. The van der Waals surface area contributed by atoms with Crippen LogP contribution >= 0.6 is 0 Å². The van der Waals surface area contributed by atoms with Gasteiger partial charge in [-0.3, -0.25) is 4.79 Å². The van der Waals surface area contributed by atoms with Gasteiger partial charge in [0.05, 0.1) is 18.1 Å². The van der Waals surface area contributed by atoms with Crippen molar-refractivity contribution in [3.8, 4) is 5.75 Å².